The van der Waals surface area contributed by atoms with E-state index in [2.05, 4.69) is 14.9 Å². The van der Waals surface area contributed by atoms with Crippen LogP contribution in [-0.2, 0) is 11.3 Å². The van der Waals surface area contributed by atoms with Gasteiger partial charge >= 0.3 is 0 Å². The number of benzene rings is 2. The minimum atomic E-state index is -0.898. The van der Waals surface area contributed by atoms with Crippen LogP contribution in [0.2, 0.25) is 0 Å². The van der Waals surface area contributed by atoms with E-state index in [9.17, 15) is 14.0 Å². The summed E-state index contributed by atoms with van der Waals surface area (Å²) in [7, 11) is 0. The number of amides is 2. The number of nitrogens with zero attached hydrogens (tertiary/aromatic N) is 3. The van der Waals surface area contributed by atoms with Crippen molar-refractivity contribution in [1.82, 2.24) is 19.8 Å². The van der Waals surface area contributed by atoms with Crippen LogP contribution in [0.25, 0.3) is 0 Å². The highest BCUT2D eigenvalue weighted by Crippen LogP contribution is 2.26. The third-order valence-corrected chi connectivity index (χ3v) is 4.78. The number of carbonyl (C=O) groups excluding carboxylic acids is 2. The highest BCUT2D eigenvalue weighted by atomic mass is 32.1. The van der Waals surface area contributed by atoms with Crippen LogP contribution in [0.1, 0.15) is 48.4 Å². The van der Waals surface area contributed by atoms with Crippen LogP contribution in [0.3, 0.4) is 0 Å². The second kappa shape index (κ2) is 9.13. The number of hydrogen-bond acceptors (Lipinski definition) is 5. The fraction of sp³-hybridized carbons (Fsp3) is 0.273. The van der Waals surface area contributed by atoms with Crippen molar-refractivity contribution in [3.8, 4) is 0 Å². The zero-order valence-electron chi connectivity index (χ0n) is 17.0. The zero-order valence-corrected chi connectivity index (χ0v) is 17.8. The molecule has 0 aliphatic carbocycles. The summed E-state index contributed by atoms with van der Waals surface area (Å²) in [6.45, 7) is 5.74. The van der Waals surface area contributed by atoms with Gasteiger partial charge in [-0.2, -0.15) is 0 Å². The molecule has 0 aliphatic rings. The number of aromatic nitrogens is 2. The topological polar surface area (TPSA) is 75.2 Å². The van der Waals surface area contributed by atoms with Crippen molar-refractivity contribution in [2.45, 2.75) is 38.9 Å². The normalized spacial score (nSPS) is 12.3. The Labute approximate surface area is 178 Å². The Morgan fingerprint density at radius 3 is 2.33 bits per heavy atom. The van der Waals surface area contributed by atoms with Crippen LogP contribution in [0.4, 0.5) is 4.39 Å². The van der Waals surface area contributed by atoms with E-state index in [1.807, 2.05) is 39.0 Å². The molecule has 2 amide bonds. The van der Waals surface area contributed by atoms with Gasteiger partial charge < -0.3 is 10.2 Å². The van der Waals surface area contributed by atoms with E-state index in [1.54, 1.807) is 29.6 Å². The molecule has 0 radical (unpaired) electrons. The van der Waals surface area contributed by atoms with Crippen molar-refractivity contribution >= 4 is 23.3 Å². The number of carbonyl (C=O) groups is 2. The smallest absolute Gasteiger partial charge is 0.276 e. The summed E-state index contributed by atoms with van der Waals surface area (Å²) in [6, 6.07) is 14.0. The molecule has 1 N–H and O–H groups in total. The fourth-order valence-corrected chi connectivity index (χ4v) is 3.45. The van der Waals surface area contributed by atoms with Crippen molar-refractivity contribution in [2.24, 2.45) is 0 Å². The highest BCUT2D eigenvalue weighted by molar-refractivity contribution is 7.03. The van der Waals surface area contributed by atoms with Crippen molar-refractivity contribution in [2.75, 3.05) is 0 Å². The van der Waals surface area contributed by atoms with Crippen molar-refractivity contribution < 1.29 is 14.0 Å². The first-order valence-electron chi connectivity index (χ1n) is 9.44. The van der Waals surface area contributed by atoms with Gasteiger partial charge in [-0.1, -0.05) is 47.0 Å². The first-order chi connectivity index (χ1) is 14.2. The van der Waals surface area contributed by atoms with E-state index < -0.39 is 17.5 Å². The Morgan fingerprint density at radius 1 is 1.10 bits per heavy atom. The molecule has 8 heteroatoms. The number of nitrogens with one attached hydrogen (secondary N) is 1. The third kappa shape index (κ3) is 5.48. The number of halogens is 1. The summed E-state index contributed by atoms with van der Waals surface area (Å²) in [4.78, 5) is 28.1. The van der Waals surface area contributed by atoms with Crippen LogP contribution in [0.15, 0.2) is 60.0 Å². The Hall–Kier alpha value is -3.13. The maximum Gasteiger partial charge on any atom is 0.276 e. The van der Waals surface area contributed by atoms with Gasteiger partial charge in [-0.15, -0.1) is 5.10 Å². The molecule has 30 heavy (non-hydrogen) atoms. The molecule has 1 atom stereocenters. The minimum Gasteiger partial charge on any atom is -0.349 e. The highest BCUT2D eigenvalue weighted by Gasteiger charge is 2.34. The molecule has 0 unspecified atom stereocenters. The molecule has 0 saturated carbocycles. The zero-order chi connectivity index (χ0) is 21.7. The summed E-state index contributed by atoms with van der Waals surface area (Å²) in [5.74, 6) is -1.11. The maximum absolute atomic E-state index is 13.4. The summed E-state index contributed by atoms with van der Waals surface area (Å²) >= 11 is 1.06. The molecule has 6 nitrogen and oxygen atoms in total. The average molecular weight is 427 g/mol. The number of rotatable bonds is 6. The predicted molar refractivity (Wildman–Crippen MR) is 113 cm³/mol. The van der Waals surface area contributed by atoms with E-state index in [1.165, 1.54) is 17.0 Å². The fourth-order valence-electron chi connectivity index (χ4n) is 3.02. The average Bonchev–Trinajstić information content (AvgIpc) is 3.23. The first-order valence-corrected chi connectivity index (χ1v) is 10.3. The van der Waals surface area contributed by atoms with Crippen molar-refractivity contribution in [3.63, 3.8) is 0 Å². The molecule has 0 saturated heterocycles. The molecule has 3 rings (SSSR count). The van der Waals surface area contributed by atoms with Crippen LogP contribution in [0.5, 0.6) is 0 Å². The molecule has 0 aliphatic heterocycles. The van der Waals surface area contributed by atoms with E-state index >= 15 is 0 Å². The molecular formula is C22H23FN4O2S. The van der Waals surface area contributed by atoms with Crippen LogP contribution >= 0.6 is 11.5 Å². The van der Waals surface area contributed by atoms with E-state index in [0.29, 0.717) is 11.1 Å². The standard InChI is InChI=1S/C22H23FN4O2S/c1-22(2,3)24-20(28)19(16-7-5-4-6-8-16)27(21(29)18-14-30-26-25-18)13-15-9-11-17(23)12-10-15/h4-12,14,19H,13H2,1-3H3,(H,24,28)/t19-/m0/s1. The molecule has 0 spiro atoms. The van der Waals surface area contributed by atoms with E-state index in [4.69, 9.17) is 0 Å². The Morgan fingerprint density at radius 2 is 1.77 bits per heavy atom. The summed E-state index contributed by atoms with van der Waals surface area (Å²) in [6.07, 6.45) is 0. The molecule has 1 heterocycles. The van der Waals surface area contributed by atoms with Gasteiger partial charge in [0.25, 0.3) is 5.91 Å². The van der Waals surface area contributed by atoms with Gasteiger partial charge in [0.2, 0.25) is 5.91 Å². The van der Waals surface area contributed by atoms with Crippen LogP contribution in [-0.4, -0.2) is 31.8 Å². The Bertz CT molecular complexity index is 986. The Kier molecular flexibility index (Phi) is 6.56. The van der Waals surface area contributed by atoms with Crippen molar-refractivity contribution in [3.05, 3.63) is 82.6 Å². The van der Waals surface area contributed by atoms with Gasteiger partial charge in [0.05, 0.1) is 0 Å². The second-order valence-electron chi connectivity index (χ2n) is 7.90. The minimum absolute atomic E-state index is 0.105. The molecule has 3 aromatic rings. The lowest BCUT2D eigenvalue weighted by atomic mass is 10.0. The first kappa shape index (κ1) is 21.6. The number of hydrogen-bond donors (Lipinski definition) is 1. The van der Waals surface area contributed by atoms with E-state index in [0.717, 1.165) is 11.5 Å². The summed E-state index contributed by atoms with van der Waals surface area (Å²) in [5, 5.41) is 8.40. The lowest BCUT2D eigenvalue weighted by Crippen LogP contribution is -2.49. The lowest BCUT2D eigenvalue weighted by Gasteiger charge is -2.33. The second-order valence-corrected chi connectivity index (χ2v) is 8.51. The molecule has 1 aromatic heterocycles. The molecule has 156 valence electrons. The maximum atomic E-state index is 13.4. The molecule has 0 bridgehead atoms. The molecular weight excluding hydrogens is 403 g/mol. The van der Waals surface area contributed by atoms with Gasteiger partial charge in [-0.3, -0.25) is 9.59 Å². The SMILES string of the molecule is CC(C)(C)NC(=O)[C@H](c1ccccc1)N(Cc1ccc(F)cc1)C(=O)c1csnn1. The van der Waals surface area contributed by atoms with Crippen LogP contribution in [0, 0.1) is 5.82 Å². The monoisotopic (exact) mass is 426 g/mol. The summed E-state index contributed by atoms with van der Waals surface area (Å²) < 4.78 is 17.2. The quantitative estimate of drug-likeness (QED) is 0.647. The van der Waals surface area contributed by atoms with Gasteiger partial charge in [0.15, 0.2) is 5.69 Å². The molecule has 2 aromatic carbocycles. The van der Waals surface area contributed by atoms with Gasteiger partial charge in [-0.25, -0.2) is 4.39 Å². The summed E-state index contributed by atoms with van der Waals surface area (Å²) in [5.41, 5.74) is 1.03. The van der Waals surface area contributed by atoms with E-state index in [-0.39, 0.29) is 24.0 Å². The van der Waals surface area contributed by atoms with Crippen LogP contribution < -0.4 is 5.32 Å². The van der Waals surface area contributed by atoms with Gasteiger partial charge in [0.1, 0.15) is 11.9 Å². The predicted octanol–water partition coefficient (Wildman–Crippen LogP) is 3.98. The third-order valence-electron chi connectivity index (χ3n) is 4.28. The lowest BCUT2D eigenvalue weighted by molar-refractivity contribution is -0.127. The van der Waals surface area contributed by atoms with Gasteiger partial charge in [0, 0.05) is 17.5 Å². The van der Waals surface area contributed by atoms with Gasteiger partial charge in [-0.05, 0) is 55.6 Å². The largest absolute Gasteiger partial charge is 0.349 e. The molecule has 0 fully saturated rings. The van der Waals surface area contributed by atoms with Crippen molar-refractivity contribution in [1.29, 1.82) is 0 Å². The Balaban J connectivity index is 2.06.